The molecule has 6 nitrogen and oxygen atoms in total. The van der Waals surface area contributed by atoms with Gasteiger partial charge in [-0.2, -0.15) is 0 Å². The molecule has 0 bridgehead atoms. The molecule has 2 rings (SSSR count). The standard InChI is InChI=1S/C17H15BrClN3O3S/c1-10-2-7-14(13(18)8-10)25-9-15(23)20-17(26)22-21-16(24)11-3-5-12(19)6-4-11/h2-8H,9H2,1H3,(H,21,24)(H2,20,22,23,26). The van der Waals surface area contributed by atoms with Gasteiger partial charge < -0.3 is 4.74 Å². The summed E-state index contributed by atoms with van der Waals surface area (Å²) in [6.07, 6.45) is 0. The molecule has 0 saturated carbocycles. The van der Waals surface area contributed by atoms with Crippen molar-refractivity contribution in [1.29, 1.82) is 0 Å². The summed E-state index contributed by atoms with van der Waals surface area (Å²) in [7, 11) is 0. The molecular formula is C17H15BrClN3O3S. The van der Waals surface area contributed by atoms with Crippen LogP contribution in [0.25, 0.3) is 0 Å². The summed E-state index contributed by atoms with van der Waals surface area (Å²) in [4.78, 5) is 23.8. The van der Waals surface area contributed by atoms with Crippen molar-refractivity contribution < 1.29 is 14.3 Å². The van der Waals surface area contributed by atoms with Crippen LogP contribution < -0.4 is 20.9 Å². The number of halogens is 2. The van der Waals surface area contributed by atoms with E-state index in [2.05, 4.69) is 32.1 Å². The summed E-state index contributed by atoms with van der Waals surface area (Å²) in [6.45, 7) is 1.72. The third-order valence-electron chi connectivity index (χ3n) is 3.10. The Morgan fingerprint density at radius 1 is 1.15 bits per heavy atom. The number of benzene rings is 2. The smallest absolute Gasteiger partial charge is 0.269 e. The SMILES string of the molecule is Cc1ccc(OCC(=O)NC(=S)NNC(=O)c2ccc(Cl)cc2)c(Br)c1. The highest BCUT2D eigenvalue weighted by Gasteiger charge is 2.09. The molecule has 26 heavy (non-hydrogen) atoms. The molecule has 0 aromatic heterocycles. The zero-order chi connectivity index (χ0) is 19.1. The van der Waals surface area contributed by atoms with Crippen LogP contribution >= 0.6 is 39.7 Å². The number of ether oxygens (including phenoxy) is 1. The molecule has 0 spiro atoms. The van der Waals surface area contributed by atoms with E-state index in [0.29, 0.717) is 16.3 Å². The largest absolute Gasteiger partial charge is 0.483 e. The highest BCUT2D eigenvalue weighted by molar-refractivity contribution is 9.10. The summed E-state index contributed by atoms with van der Waals surface area (Å²) < 4.78 is 6.17. The molecule has 0 unspecified atom stereocenters. The van der Waals surface area contributed by atoms with Gasteiger partial charge in [0.1, 0.15) is 5.75 Å². The average molecular weight is 457 g/mol. The van der Waals surface area contributed by atoms with Crippen molar-refractivity contribution in [3.8, 4) is 5.75 Å². The maximum absolute atomic E-state index is 11.9. The number of thiocarbonyl (C=S) groups is 1. The lowest BCUT2D eigenvalue weighted by Crippen LogP contribution is -2.49. The Kier molecular flexibility index (Phi) is 7.38. The molecule has 0 saturated heterocycles. The van der Waals surface area contributed by atoms with Crippen molar-refractivity contribution in [3.63, 3.8) is 0 Å². The minimum Gasteiger partial charge on any atom is -0.483 e. The van der Waals surface area contributed by atoms with E-state index in [1.54, 1.807) is 30.3 Å². The van der Waals surface area contributed by atoms with Crippen LogP contribution in [0.2, 0.25) is 5.02 Å². The molecule has 2 aromatic carbocycles. The second-order valence-corrected chi connectivity index (χ2v) is 6.88. The minimum absolute atomic E-state index is 0.0520. The van der Waals surface area contributed by atoms with E-state index >= 15 is 0 Å². The second kappa shape index (κ2) is 9.51. The first-order chi connectivity index (χ1) is 12.3. The monoisotopic (exact) mass is 455 g/mol. The molecule has 0 heterocycles. The Bertz CT molecular complexity index is 831. The van der Waals surface area contributed by atoms with Gasteiger partial charge in [-0.25, -0.2) is 0 Å². The van der Waals surface area contributed by atoms with Crippen molar-refractivity contribution in [3.05, 3.63) is 63.1 Å². The number of nitrogens with one attached hydrogen (secondary N) is 3. The third-order valence-corrected chi connectivity index (χ3v) is 4.17. The molecular weight excluding hydrogens is 442 g/mol. The zero-order valence-corrected chi connectivity index (χ0v) is 16.8. The van der Waals surface area contributed by atoms with E-state index in [-0.39, 0.29) is 11.7 Å². The summed E-state index contributed by atoms with van der Waals surface area (Å²) >= 11 is 14.1. The first kappa shape index (κ1) is 20.2. The van der Waals surface area contributed by atoms with Crippen LogP contribution in [0.1, 0.15) is 15.9 Å². The number of hydrogen-bond donors (Lipinski definition) is 3. The average Bonchev–Trinajstić information content (AvgIpc) is 2.59. The Morgan fingerprint density at radius 3 is 2.50 bits per heavy atom. The normalized spacial score (nSPS) is 9.96. The van der Waals surface area contributed by atoms with Crippen LogP contribution in [0.15, 0.2) is 46.9 Å². The van der Waals surface area contributed by atoms with Gasteiger partial charge in [-0.15, -0.1) is 0 Å². The van der Waals surface area contributed by atoms with Gasteiger partial charge in [0.15, 0.2) is 11.7 Å². The van der Waals surface area contributed by atoms with Gasteiger partial charge in [-0.05, 0) is 77.0 Å². The fraction of sp³-hybridized carbons (Fsp3) is 0.118. The van der Waals surface area contributed by atoms with Gasteiger partial charge in [-0.1, -0.05) is 17.7 Å². The summed E-state index contributed by atoms with van der Waals surface area (Å²) in [5.74, 6) is -0.338. The zero-order valence-electron chi connectivity index (χ0n) is 13.6. The van der Waals surface area contributed by atoms with E-state index in [4.69, 9.17) is 28.6 Å². The summed E-state index contributed by atoms with van der Waals surface area (Å²) in [6, 6.07) is 11.8. The van der Waals surface area contributed by atoms with Gasteiger partial charge in [0, 0.05) is 10.6 Å². The highest BCUT2D eigenvalue weighted by atomic mass is 79.9. The summed E-state index contributed by atoms with van der Waals surface area (Å²) in [5, 5.41) is 2.88. The number of carbonyl (C=O) groups excluding carboxylic acids is 2. The first-order valence-electron chi connectivity index (χ1n) is 7.40. The third kappa shape index (κ3) is 6.29. The molecule has 0 atom stereocenters. The van der Waals surface area contributed by atoms with Gasteiger partial charge >= 0.3 is 0 Å². The Labute approximate surface area is 169 Å². The van der Waals surface area contributed by atoms with Gasteiger partial charge in [0.25, 0.3) is 11.8 Å². The van der Waals surface area contributed by atoms with E-state index in [0.717, 1.165) is 10.0 Å². The fourth-order valence-electron chi connectivity index (χ4n) is 1.85. The van der Waals surface area contributed by atoms with Crippen molar-refractivity contribution in [2.45, 2.75) is 6.92 Å². The highest BCUT2D eigenvalue weighted by Crippen LogP contribution is 2.25. The number of hydrazine groups is 1. The Hall–Kier alpha value is -2.16. The molecule has 2 amide bonds. The van der Waals surface area contributed by atoms with Crippen molar-refractivity contribution in [1.82, 2.24) is 16.2 Å². The molecule has 136 valence electrons. The maximum Gasteiger partial charge on any atom is 0.269 e. The van der Waals surface area contributed by atoms with E-state index in [9.17, 15) is 9.59 Å². The van der Waals surface area contributed by atoms with Crippen LogP contribution in [0.3, 0.4) is 0 Å². The molecule has 2 aromatic rings. The molecule has 0 aliphatic carbocycles. The van der Waals surface area contributed by atoms with Crippen molar-refractivity contribution >= 4 is 56.7 Å². The topological polar surface area (TPSA) is 79.5 Å². The molecule has 0 fully saturated rings. The molecule has 0 radical (unpaired) electrons. The summed E-state index contributed by atoms with van der Waals surface area (Å²) in [5.41, 5.74) is 6.28. The van der Waals surface area contributed by atoms with Gasteiger partial charge in [0.05, 0.1) is 4.47 Å². The van der Waals surface area contributed by atoms with Crippen LogP contribution in [-0.2, 0) is 4.79 Å². The van der Waals surface area contributed by atoms with Crippen LogP contribution in [0.5, 0.6) is 5.75 Å². The van der Waals surface area contributed by atoms with Gasteiger partial charge in [-0.3, -0.25) is 25.8 Å². The number of carbonyl (C=O) groups is 2. The Balaban J connectivity index is 1.75. The minimum atomic E-state index is -0.462. The van der Waals surface area contributed by atoms with Crippen LogP contribution in [-0.4, -0.2) is 23.5 Å². The maximum atomic E-state index is 11.9. The van der Waals surface area contributed by atoms with E-state index in [1.807, 2.05) is 19.1 Å². The predicted molar refractivity (Wildman–Crippen MR) is 107 cm³/mol. The lowest BCUT2D eigenvalue weighted by molar-refractivity contribution is -0.121. The van der Waals surface area contributed by atoms with Crippen LogP contribution in [0, 0.1) is 6.92 Å². The molecule has 0 aliphatic heterocycles. The van der Waals surface area contributed by atoms with Crippen molar-refractivity contribution in [2.24, 2.45) is 0 Å². The second-order valence-electron chi connectivity index (χ2n) is 5.19. The lowest BCUT2D eigenvalue weighted by atomic mass is 10.2. The van der Waals surface area contributed by atoms with Gasteiger partial charge in [0.2, 0.25) is 0 Å². The van der Waals surface area contributed by atoms with E-state index < -0.39 is 11.8 Å². The molecule has 9 heteroatoms. The fourth-order valence-corrected chi connectivity index (χ4v) is 2.75. The number of aryl methyl sites for hydroxylation is 1. The molecule has 0 aliphatic rings. The quantitative estimate of drug-likeness (QED) is 0.487. The lowest BCUT2D eigenvalue weighted by Gasteiger charge is -2.12. The number of hydrogen-bond acceptors (Lipinski definition) is 4. The van der Waals surface area contributed by atoms with Crippen LogP contribution in [0.4, 0.5) is 0 Å². The van der Waals surface area contributed by atoms with Crippen molar-refractivity contribution in [2.75, 3.05) is 6.61 Å². The first-order valence-corrected chi connectivity index (χ1v) is 8.98. The number of rotatable bonds is 4. The van der Waals surface area contributed by atoms with E-state index in [1.165, 1.54) is 0 Å². The Morgan fingerprint density at radius 2 is 1.85 bits per heavy atom. The molecule has 3 N–H and O–H groups in total. The predicted octanol–water partition coefficient (Wildman–Crippen LogP) is 3.13. The number of amides is 2.